The van der Waals surface area contributed by atoms with Crippen molar-refractivity contribution in [3.63, 3.8) is 0 Å². The quantitative estimate of drug-likeness (QED) is 0.647. The van der Waals surface area contributed by atoms with E-state index in [0.717, 1.165) is 12.3 Å². The van der Waals surface area contributed by atoms with E-state index in [2.05, 4.69) is 42.0 Å². The van der Waals surface area contributed by atoms with Crippen LogP contribution in [0.3, 0.4) is 0 Å². The lowest BCUT2D eigenvalue weighted by molar-refractivity contribution is -0.667. The minimum Gasteiger partial charge on any atom is -1.00 e. The molecule has 2 aromatic rings. The molecule has 1 aromatic carbocycles. The van der Waals surface area contributed by atoms with Gasteiger partial charge in [0.05, 0.1) is 12.5 Å². The molecule has 0 aliphatic rings. The molecule has 0 saturated carbocycles. The molecule has 0 N–H and O–H groups in total. The summed E-state index contributed by atoms with van der Waals surface area (Å²) in [5.41, 5.74) is 1.25. The molecule has 80 valence electrons. The largest absolute Gasteiger partial charge is 1.00 e. The van der Waals surface area contributed by atoms with E-state index in [9.17, 15) is 0 Å². The number of pyridine rings is 1. The number of hydrogen-bond acceptors (Lipinski definition) is 1. The van der Waals surface area contributed by atoms with Gasteiger partial charge in [-0.1, -0.05) is 0 Å². The van der Waals surface area contributed by atoms with Gasteiger partial charge in [-0.3, -0.25) is 0 Å². The molecule has 0 fully saturated rings. The van der Waals surface area contributed by atoms with Crippen LogP contribution in [0.1, 0.15) is 6.92 Å². The lowest BCUT2D eigenvalue weighted by Crippen LogP contribution is -3.00. The molecule has 2 rings (SSSR count). The van der Waals surface area contributed by atoms with Gasteiger partial charge in [-0.05, 0) is 25.1 Å². The lowest BCUT2D eigenvalue weighted by atomic mass is 10.2. The molecule has 2 nitrogen and oxygen atoms in total. The second-order valence-corrected chi connectivity index (χ2v) is 3.22. The number of benzene rings is 1. The average molecular weight is 268 g/mol. The van der Waals surface area contributed by atoms with E-state index in [1.165, 1.54) is 10.9 Å². The lowest BCUT2D eigenvalue weighted by Gasteiger charge is -2.01. The van der Waals surface area contributed by atoms with Crippen LogP contribution in [0.15, 0.2) is 36.5 Å². The Morgan fingerprint density at radius 3 is 2.73 bits per heavy atom. The van der Waals surface area contributed by atoms with E-state index < -0.39 is 0 Å². The first-order valence-electron chi connectivity index (χ1n) is 4.81. The van der Waals surface area contributed by atoms with Crippen molar-refractivity contribution in [2.24, 2.45) is 0 Å². The SMILES string of the molecule is CC[n+]1cccc2cc(OC)ccc21.[Br-]. The van der Waals surface area contributed by atoms with Crippen molar-refractivity contribution in [1.29, 1.82) is 0 Å². The standard InChI is InChI=1S/C12H14NO.BrH/c1-3-13-8-4-5-10-9-11(14-2)6-7-12(10)13;/h4-9H,3H2,1-2H3;1H/q+1;/p-1. The van der Waals surface area contributed by atoms with Crippen LogP contribution < -0.4 is 26.3 Å². The number of halogens is 1. The molecule has 0 spiro atoms. The number of rotatable bonds is 2. The average Bonchev–Trinajstić information content (AvgIpc) is 2.27. The predicted molar refractivity (Wildman–Crippen MR) is 56.4 cm³/mol. The number of methoxy groups -OCH3 is 1. The van der Waals surface area contributed by atoms with Crippen molar-refractivity contribution < 1.29 is 26.3 Å². The Labute approximate surface area is 100 Å². The van der Waals surface area contributed by atoms with Crippen molar-refractivity contribution in [3.05, 3.63) is 36.5 Å². The van der Waals surface area contributed by atoms with E-state index in [1.54, 1.807) is 7.11 Å². The Morgan fingerprint density at radius 1 is 1.27 bits per heavy atom. The van der Waals surface area contributed by atoms with Crippen LogP contribution in [0.5, 0.6) is 5.75 Å². The van der Waals surface area contributed by atoms with Crippen molar-refractivity contribution in [1.82, 2.24) is 0 Å². The normalized spacial score (nSPS) is 9.73. The molecule has 0 saturated heterocycles. The smallest absolute Gasteiger partial charge is 0.212 e. The van der Waals surface area contributed by atoms with Crippen LogP contribution in [0.4, 0.5) is 0 Å². The highest BCUT2D eigenvalue weighted by atomic mass is 79.9. The molecule has 1 aromatic heterocycles. The van der Waals surface area contributed by atoms with Crippen LogP contribution >= 0.6 is 0 Å². The summed E-state index contributed by atoms with van der Waals surface area (Å²) in [6.07, 6.45) is 2.09. The maximum absolute atomic E-state index is 5.19. The Hall–Kier alpha value is -1.09. The number of ether oxygens (including phenoxy) is 1. The molecule has 0 atom stereocenters. The van der Waals surface area contributed by atoms with Gasteiger partial charge in [-0.15, -0.1) is 0 Å². The third kappa shape index (κ3) is 2.29. The molecule has 0 amide bonds. The number of fused-ring (bicyclic) bond motifs is 1. The van der Waals surface area contributed by atoms with Gasteiger partial charge in [0.15, 0.2) is 6.20 Å². The van der Waals surface area contributed by atoms with E-state index in [0.29, 0.717) is 0 Å². The molecule has 1 heterocycles. The number of nitrogens with zero attached hydrogens (tertiary/aromatic N) is 1. The Morgan fingerprint density at radius 2 is 2.07 bits per heavy atom. The predicted octanol–water partition coefficient (Wildman–Crippen LogP) is -0.840. The second kappa shape index (κ2) is 5.12. The summed E-state index contributed by atoms with van der Waals surface area (Å²) in [6, 6.07) is 10.3. The molecule has 0 aliphatic carbocycles. The minimum absolute atomic E-state index is 0. The van der Waals surface area contributed by atoms with Crippen molar-refractivity contribution in [3.8, 4) is 5.75 Å². The minimum atomic E-state index is 0. The highest BCUT2D eigenvalue weighted by Crippen LogP contribution is 2.17. The van der Waals surface area contributed by atoms with Crippen molar-refractivity contribution in [2.75, 3.05) is 7.11 Å². The van der Waals surface area contributed by atoms with E-state index >= 15 is 0 Å². The fourth-order valence-electron chi connectivity index (χ4n) is 1.66. The van der Waals surface area contributed by atoms with Gasteiger partial charge in [-0.2, -0.15) is 4.57 Å². The van der Waals surface area contributed by atoms with E-state index in [4.69, 9.17) is 4.74 Å². The zero-order valence-corrected chi connectivity index (χ0v) is 10.5. The highest BCUT2D eigenvalue weighted by molar-refractivity contribution is 5.77. The van der Waals surface area contributed by atoms with Crippen LogP contribution in [-0.2, 0) is 6.54 Å². The van der Waals surface area contributed by atoms with Gasteiger partial charge < -0.3 is 21.7 Å². The maximum atomic E-state index is 5.19. The van der Waals surface area contributed by atoms with Gasteiger partial charge in [-0.25, -0.2) is 0 Å². The van der Waals surface area contributed by atoms with Gasteiger partial charge in [0, 0.05) is 12.1 Å². The van der Waals surface area contributed by atoms with E-state index in [-0.39, 0.29) is 17.0 Å². The first-order chi connectivity index (χ1) is 6.85. The molecule has 0 bridgehead atoms. The zero-order valence-electron chi connectivity index (χ0n) is 8.90. The Bertz CT molecular complexity index is 456. The van der Waals surface area contributed by atoms with Crippen LogP contribution in [-0.4, -0.2) is 7.11 Å². The summed E-state index contributed by atoms with van der Waals surface area (Å²) < 4.78 is 7.40. The highest BCUT2D eigenvalue weighted by Gasteiger charge is 2.05. The number of aryl methyl sites for hydroxylation is 1. The third-order valence-electron chi connectivity index (χ3n) is 2.43. The van der Waals surface area contributed by atoms with Crippen molar-refractivity contribution >= 4 is 10.9 Å². The number of hydrogen-bond donors (Lipinski definition) is 0. The fourth-order valence-corrected chi connectivity index (χ4v) is 1.66. The second-order valence-electron chi connectivity index (χ2n) is 3.22. The molecule has 0 unspecified atom stereocenters. The van der Waals surface area contributed by atoms with Gasteiger partial charge in [0.1, 0.15) is 12.3 Å². The van der Waals surface area contributed by atoms with E-state index in [1.807, 2.05) is 6.07 Å². The summed E-state index contributed by atoms with van der Waals surface area (Å²) in [4.78, 5) is 0. The van der Waals surface area contributed by atoms with Gasteiger partial charge in [0.2, 0.25) is 5.52 Å². The zero-order chi connectivity index (χ0) is 9.97. The van der Waals surface area contributed by atoms with Crippen LogP contribution in [0, 0.1) is 0 Å². The molecular formula is C12H14BrNO. The monoisotopic (exact) mass is 267 g/mol. The first-order valence-corrected chi connectivity index (χ1v) is 4.81. The molecule has 0 radical (unpaired) electrons. The molecule has 15 heavy (non-hydrogen) atoms. The fraction of sp³-hybridized carbons (Fsp3) is 0.250. The molecular weight excluding hydrogens is 254 g/mol. The Kier molecular flexibility index (Phi) is 4.09. The van der Waals surface area contributed by atoms with Crippen LogP contribution in [0.2, 0.25) is 0 Å². The summed E-state index contributed by atoms with van der Waals surface area (Å²) in [5.74, 6) is 0.909. The van der Waals surface area contributed by atoms with Gasteiger partial charge >= 0.3 is 0 Å². The summed E-state index contributed by atoms with van der Waals surface area (Å²) in [6.45, 7) is 3.13. The van der Waals surface area contributed by atoms with Crippen LogP contribution in [0.25, 0.3) is 10.9 Å². The maximum Gasteiger partial charge on any atom is 0.212 e. The molecule has 3 heteroatoms. The van der Waals surface area contributed by atoms with Gasteiger partial charge in [0.25, 0.3) is 0 Å². The number of aromatic nitrogens is 1. The van der Waals surface area contributed by atoms with Crippen molar-refractivity contribution in [2.45, 2.75) is 13.5 Å². The summed E-state index contributed by atoms with van der Waals surface area (Å²) in [5, 5.41) is 1.22. The summed E-state index contributed by atoms with van der Waals surface area (Å²) >= 11 is 0. The topological polar surface area (TPSA) is 13.1 Å². The molecule has 0 aliphatic heterocycles. The third-order valence-corrected chi connectivity index (χ3v) is 2.43. The Balaban J connectivity index is 0.00000112. The summed E-state index contributed by atoms with van der Waals surface area (Å²) in [7, 11) is 1.69. The first kappa shape index (κ1) is 12.0.